The molecule has 0 unspecified atom stereocenters. The molecule has 0 amide bonds. The lowest BCUT2D eigenvalue weighted by Crippen LogP contribution is -2.45. The molecule has 156 valence electrons. The first-order chi connectivity index (χ1) is 14.8. The summed E-state index contributed by atoms with van der Waals surface area (Å²) in [4.78, 5) is 11.8. The van der Waals surface area contributed by atoms with Crippen LogP contribution < -0.4 is 10.6 Å². The second-order valence-electron chi connectivity index (χ2n) is 8.99. The zero-order valence-corrected chi connectivity index (χ0v) is 17.8. The molecule has 0 radical (unpaired) electrons. The zero-order chi connectivity index (χ0) is 20.3. The molecule has 2 saturated carbocycles. The zero-order valence-electron chi connectivity index (χ0n) is 17.8. The van der Waals surface area contributed by atoms with Gasteiger partial charge in [-0.05, 0) is 43.9 Å². The molecule has 2 fully saturated rings. The molecule has 1 heterocycles. The Bertz CT molecular complexity index is 968. The summed E-state index contributed by atoms with van der Waals surface area (Å²) in [5, 5.41) is 1.05. The van der Waals surface area contributed by atoms with Crippen LogP contribution in [-0.2, 0) is 0 Å². The number of para-hydroxylation sites is 1. The lowest BCUT2D eigenvalue weighted by atomic mass is 9.88. The maximum Gasteiger partial charge on any atom is 0.221 e. The number of nitrogens with two attached hydrogens (primary N) is 1. The van der Waals surface area contributed by atoms with Crippen LogP contribution >= 0.6 is 0 Å². The molecule has 3 aromatic rings. The van der Waals surface area contributed by atoms with E-state index in [1.165, 1.54) is 69.9 Å². The third kappa shape index (κ3) is 3.88. The molecule has 2 N–H and O–H groups in total. The number of hydrogen-bond acceptors (Lipinski definition) is 4. The molecule has 1 aromatic heterocycles. The highest BCUT2D eigenvalue weighted by atomic mass is 15.2. The van der Waals surface area contributed by atoms with E-state index in [1.54, 1.807) is 0 Å². The minimum Gasteiger partial charge on any atom is -0.368 e. The standard InChI is InChI=1S/C26H32N4/c27-26-28-24-14-8-7-13-23(24)25(29-26)19-15-17-22(18-16-19)30(20-9-3-1-4-10-20)21-11-5-2-6-12-21/h7-8,13-18,20-21H,1-6,9-12H2,(H2,27,28,29). The minimum absolute atomic E-state index is 0.332. The average Bonchev–Trinajstić information content (AvgIpc) is 2.81. The van der Waals surface area contributed by atoms with Gasteiger partial charge < -0.3 is 10.6 Å². The number of hydrogen-bond donors (Lipinski definition) is 1. The van der Waals surface area contributed by atoms with Gasteiger partial charge in [0.2, 0.25) is 5.95 Å². The van der Waals surface area contributed by atoms with E-state index in [0.717, 1.165) is 22.2 Å². The Morgan fingerprint density at radius 1 is 0.700 bits per heavy atom. The van der Waals surface area contributed by atoms with Gasteiger partial charge in [-0.2, -0.15) is 0 Å². The Kier molecular flexibility index (Phi) is 5.56. The molecule has 2 aliphatic carbocycles. The van der Waals surface area contributed by atoms with E-state index in [2.05, 4.69) is 45.2 Å². The van der Waals surface area contributed by atoms with Crippen molar-refractivity contribution in [2.75, 3.05) is 10.6 Å². The number of rotatable bonds is 4. The summed E-state index contributed by atoms with van der Waals surface area (Å²) in [6.45, 7) is 0. The number of nitrogens with zero attached hydrogens (tertiary/aromatic N) is 3. The largest absolute Gasteiger partial charge is 0.368 e. The van der Waals surface area contributed by atoms with Crippen molar-refractivity contribution >= 4 is 22.5 Å². The Morgan fingerprint density at radius 2 is 1.30 bits per heavy atom. The summed E-state index contributed by atoms with van der Waals surface area (Å²) in [6.07, 6.45) is 13.6. The number of aromatic nitrogens is 2. The highest BCUT2D eigenvalue weighted by Crippen LogP contribution is 2.36. The molecule has 5 rings (SSSR count). The maximum absolute atomic E-state index is 6.00. The predicted molar refractivity (Wildman–Crippen MR) is 126 cm³/mol. The van der Waals surface area contributed by atoms with Crippen molar-refractivity contribution in [1.82, 2.24) is 9.97 Å². The van der Waals surface area contributed by atoms with Crippen molar-refractivity contribution < 1.29 is 0 Å². The van der Waals surface area contributed by atoms with Gasteiger partial charge in [-0.15, -0.1) is 0 Å². The van der Waals surface area contributed by atoms with Gasteiger partial charge in [0.1, 0.15) is 0 Å². The van der Waals surface area contributed by atoms with Crippen molar-refractivity contribution in [1.29, 1.82) is 0 Å². The molecule has 0 aliphatic heterocycles. The van der Waals surface area contributed by atoms with Crippen LogP contribution in [0, 0.1) is 0 Å². The first-order valence-corrected chi connectivity index (χ1v) is 11.7. The van der Waals surface area contributed by atoms with E-state index >= 15 is 0 Å². The molecule has 4 nitrogen and oxygen atoms in total. The molecular formula is C26H32N4. The van der Waals surface area contributed by atoms with Crippen molar-refractivity contribution in [3.63, 3.8) is 0 Å². The van der Waals surface area contributed by atoms with E-state index in [0.29, 0.717) is 18.0 Å². The molecule has 0 saturated heterocycles. The van der Waals surface area contributed by atoms with E-state index in [-0.39, 0.29) is 0 Å². The third-order valence-electron chi connectivity index (χ3n) is 7.00. The van der Waals surface area contributed by atoms with Crippen LogP contribution in [-0.4, -0.2) is 22.1 Å². The third-order valence-corrected chi connectivity index (χ3v) is 7.00. The fourth-order valence-corrected chi connectivity index (χ4v) is 5.54. The van der Waals surface area contributed by atoms with Crippen LogP contribution in [0.15, 0.2) is 48.5 Å². The van der Waals surface area contributed by atoms with Crippen molar-refractivity contribution in [2.24, 2.45) is 0 Å². The number of anilines is 2. The van der Waals surface area contributed by atoms with Crippen LogP contribution in [0.25, 0.3) is 22.2 Å². The van der Waals surface area contributed by atoms with Gasteiger partial charge in [0.25, 0.3) is 0 Å². The molecule has 4 heteroatoms. The monoisotopic (exact) mass is 400 g/mol. The predicted octanol–water partition coefficient (Wildman–Crippen LogP) is 6.35. The molecule has 30 heavy (non-hydrogen) atoms. The van der Waals surface area contributed by atoms with Gasteiger partial charge in [0.05, 0.1) is 11.2 Å². The fraction of sp³-hybridized carbons (Fsp3) is 0.462. The lowest BCUT2D eigenvalue weighted by molar-refractivity contribution is 0.340. The van der Waals surface area contributed by atoms with Crippen molar-refractivity contribution in [2.45, 2.75) is 76.3 Å². The summed E-state index contributed by atoms with van der Waals surface area (Å²) in [6, 6.07) is 18.6. The van der Waals surface area contributed by atoms with E-state index in [9.17, 15) is 0 Å². The average molecular weight is 401 g/mol. The van der Waals surface area contributed by atoms with E-state index in [4.69, 9.17) is 5.73 Å². The normalized spacial score (nSPS) is 18.5. The molecule has 2 aliphatic rings. The SMILES string of the molecule is Nc1nc(-c2ccc(N(C3CCCCC3)C3CCCCC3)cc2)c2ccccc2n1. The van der Waals surface area contributed by atoms with Gasteiger partial charge in [-0.25, -0.2) is 9.97 Å². The summed E-state index contributed by atoms with van der Waals surface area (Å²) < 4.78 is 0. The highest BCUT2D eigenvalue weighted by Gasteiger charge is 2.29. The fourth-order valence-electron chi connectivity index (χ4n) is 5.54. The molecule has 0 atom stereocenters. The van der Waals surface area contributed by atoms with E-state index < -0.39 is 0 Å². The quantitative estimate of drug-likeness (QED) is 0.554. The molecule has 0 bridgehead atoms. The van der Waals surface area contributed by atoms with Gasteiger partial charge >= 0.3 is 0 Å². The maximum atomic E-state index is 6.00. The number of benzene rings is 2. The smallest absolute Gasteiger partial charge is 0.221 e. The van der Waals surface area contributed by atoms with Crippen LogP contribution in [0.4, 0.5) is 11.6 Å². The van der Waals surface area contributed by atoms with Crippen LogP contribution in [0.1, 0.15) is 64.2 Å². The lowest BCUT2D eigenvalue weighted by Gasteiger charge is -2.43. The van der Waals surface area contributed by atoms with Crippen LogP contribution in [0.2, 0.25) is 0 Å². The van der Waals surface area contributed by atoms with E-state index in [1.807, 2.05) is 18.2 Å². The Balaban J connectivity index is 1.49. The second kappa shape index (κ2) is 8.63. The summed E-state index contributed by atoms with van der Waals surface area (Å²) in [7, 11) is 0. The van der Waals surface area contributed by atoms with Gasteiger partial charge in [-0.1, -0.05) is 68.9 Å². The molecule has 0 spiro atoms. The Morgan fingerprint density at radius 3 is 1.93 bits per heavy atom. The molecule has 2 aromatic carbocycles. The summed E-state index contributed by atoms with van der Waals surface area (Å²) >= 11 is 0. The highest BCUT2D eigenvalue weighted by molar-refractivity contribution is 5.93. The number of fused-ring (bicyclic) bond motifs is 1. The summed E-state index contributed by atoms with van der Waals surface area (Å²) in [5.74, 6) is 0.332. The Labute approximate surface area is 179 Å². The number of nitrogen functional groups attached to an aromatic ring is 1. The molecular weight excluding hydrogens is 368 g/mol. The first kappa shape index (κ1) is 19.3. The Hall–Kier alpha value is -2.62. The first-order valence-electron chi connectivity index (χ1n) is 11.7. The van der Waals surface area contributed by atoms with Crippen LogP contribution in [0.3, 0.4) is 0 Å². The van der Waals surface area contributed by atoms with Crippen molar-refractivity contribution in [3.05, 3.63) is 48.5 Å². The van der Waals surface area contributed by atoms with Gasteiger partial charge in [0, 0.05) is 28.7 Å². The van der Waals surface area contributed by atoms with Crippen molar-refractivity contribution in [3.8, 4) is 11.3 Å². The minimum atomic E-state index is 0.332. The topological polar surface area (TPSA) is 55.0 Å². The van der Waals surface area contributed by atoms with Gasteiger partial charge in [0.15, 0.2) is 0 Å². The van der Waals surface area contributed by atoms with Crippen LogP contribution in [0.5, 0.6) is 0 Å². The second-order valence-corrected chi connectivity index (χ2v) is 8.99. The summed E-state index contributed by atoms with van der Waals surface area (Å²) in [5.41, 5.74) is 10.3. The van der Waals surface area contributed by atoms with Gasteiger partial charge in [-0.3, -0.25) is 0 Å².